The number of methoxy groups -OCH3 is 1. The molecule has 2 rings (SSSR count). The molecule has 6 heteroatoms. The summed E-state index contributed by atoms with van der Waals surface area (Å²) in [7, 11) is 5.11. The zero-order valence-corrected chi connectivity index (χ0v) is 17.6. The maximum absolute atomic E-state index is 12.5. The van der Waals surface area contributed by atoms with Gasteiger partial charge in [0.15, 0.2) is 5.78 Å². The average molecular weight is 383 g/mol. The second-order valence-corrected chi connectivity index (χ2v) is 7.76. The van der Waals surface area contributed by atoms with E-state index in [-0.39, 0.29) is 22.9 Å². The first-order chi connectivity index (χ1) is 13.1. The molecule has 0 aromatic heterocycles. The molecule has 0 radical (unpaired) electrons. The lowest BCUT2D eigenvalue weighted by Crippen LogP contribution is -2.43. The van der Waals surface area contributed by atoms with Crippen molar-refractivity contribution in [2.24, 2.45) is 0 Å². The highest BCUT2D eigenvalue weighted by Gasteiger charge is 2.33. The molecule has 1 fully saturated rings. The number of ether oxygens (including phenoxy) is 1. The number of hydrogen-bond donors (Lipinski definition) is 0. The first-order valence-electron chi connectivity index (χ1n) is 9.41. The zero-order chi connectivity index (χ0) is 21.1. The fourth-order valence-electron chi connectivity index (χ4n) is 3.44. The molecule has 0 atom stereocenters. The van der Waals surface area contributed by atoms with Crippen molar-refractivity contribution in [3.05, 3.63) is 40.5 Å². The molecule has 0 N–H and O–H groups in total. The molecule has 1 amide bonds. The van der Waals surface area contributed by atoms with Crippen molar-refractivity contribution in [2.75, 3.05) is 34.3 Å². The summed E-state index contributed by atoms with van der Waals surface area (Å²) in [6.07, 6.45) is 1.58. The summed E-state index contributed by atoms with van der Waals surface area (Å²) in [6, 6.07) is 7.52. The van der Waals surface area contributed by atoms with E-state index in [1.54, 1.807) is 33.3 Å². The first-order valence-corrected chi connectivity index (χ1v) is 9.41. The van der Waals surface area contributed by atoms with Gasteiger partial charge in [0.05, 0.1) is 11.3 Å². The van der Waals surface area contributed by atoms with Crippen molar-refractivity contribution in [3.63, 3.8) is 0 Å². The number of allylic oxidation sites excluding steroid dienone is 1. The summed E-state index contributed by atoms with van der Waals surface area (Å²) in [5, 5.41) is 9.71. The van der Waals surface area contributed by atoms with Crippen molar-refractivity contribution < 1.29 is 14.3 Å². The van der Waals surface area contributed by atoms with Crippen LogP contribution in [0.25, 0.3) is 5.70 Å². The van der Waals surface area contributed by atoms with Gasteiger partial charge in [-0.05, 0) is 51.3 Å². The molecule has 0 unspecified atom stereocenters. The first kappa shape index (κ1) is 21.6. The number of carbonyl (C=O) groups is 2. The van der Waals surface area contributed by atoms with Crippen LogP contribution in [0, 0.1) is 18.3 Å². The van der Waals surface area contributed by atoms with Crippen LogP contribution in [0.5, 0.6) is 0 Å². The van der Waals surface area contributed by atoms with E-state index in [4.69, 9.17) is 4.74 Å². The smallest absolute Gasteiger partial charge is 0.253 e. The van der Waals surface area contributed by atoms with E-state index in [0.29, 0.717) is 24.4 Å². The van der Waals surface area contributed by atoms with Gasteiger partial charge in [0.25, 0.3) is 5.91 Å². The molecular weight excluding hydrogens is 354 g/mol. The van der Waals surface area contributed by atoms with Crippen molar-refractivity contribution in [1.82, 2.24) is 9.80 Å². The Hall–Kier alpha value is -2.65. The Morgan fingerprint density at radius 3 is 2.32 bits per heavy atom. The minimum atomic E-state index is -0.277. The van der Waals surface area contributed by atoms with Crippen LogP contribution in [-0.4, -0.2) is 61.4 Å². The van der Waals surface area contributed by atoms with Crippen molar-refractivity contribution >= 4 is 17.4 Å². The van der Waals surface area contributed by atoms with Crippen LogP contribution < -0.4 is 0 Å². The number of aryl methyl sites for hydroxylation is 1. The molecule has 6 nitrogen and oxygen atoms in total. The number of benzene rings is 1. The Morgan fingerprint density at radius 1 is 1.25 bits per heavy atom. The average Bonchev–Trinajstić information content (AvgIpc) is 2.66. The van der Waals surface area contributed by atoms with Crippen molar-refractivity contribution in [2.45, 2.75) is 39.2 Å². The molecular formula is C22H29N3O3. The lowest BCUT2D eigenvalue weighted by atomic mass is 9.90. The topological polar surface area (TPSA) is 73.6 Å². The van der Waals surface area contributed by atoms with Gasteiger partial charge in [-0.2, -0.15) is 5.26 Å². The van der Waals surface area contributed by atoms with Crippen molar-refractivity contribution in [3.8, 4) is 6.07 Å². The summed E-state index contributed by atoms with van der Waals surface area (Å²) >= 11 is 0. The Labute approximate surface area is 167 Å². The quantitative estimate of drug-likeness (QED) is 0.577. The highest BCUT2D eigenvalue weighted by atomic mass is 16.5. The molecule has 28 heavy (non-hydrogen) atoms. The lowest BCUT2D eigenvalue weighted by molar-refractivity contribution is -0.113. The lowest BCUT2D eigenvalue weighted by Gasteiger charge is -2.41. The Kier molecular flexibility index (Phi) is 6.63. The van der Waals surface area contributed by atoms with Gasteiger partial charge in [0.2, 0.25) is 0 Å². The molecule has 0 spiro atoms. The van der Waals surface area contributed by atoms with E-state index < -0.39 is 0 Å². The maximum atomic E-state index is 12.5. The van der Waals surface area contributed by atoms with Gasteiger partial charge in [-0.15, -0.1) is 0 Å². The van der Waals surface area contributed by atoms with E-state index in [9.17, 15) is 14.9 Å². The van der Waals surface area contributed by atoms with E-state index in [2.05, 4.69) is 17.9 Å². The molecule has 1 saturated heterocycles. The third-order valence-electron chi connectivity index (χ3n) is 5.48. The second kappa shape index (κ2) is 8.57. The number of nitrogens with zero attached hydrogens (tertiary/aromatic N) is 3. The monoisotopic (exact) mass is 383 g/mol. The van der Waals surface area contributed by atoms with Crippen LogP contribution in [0.15, 0.2) is 23.8 Å². The Balaban J connectivity index is 2.60. The number of likely N-dealkylation sites (tertiary alicyclic amines) is 1. The van der Waals surface area contributed by atoms with Gasteiger partial charge in [-0.25, -0.2) is 0 Å². The largest absolute Gasteiger partial charge is 0.378 e. The number of rotatable bonds is 5. The van der Waals surface area contributed by atoms with E-state index in [1.807, 2.05) is 13.0 Å². The molecule has 1 aliphatic heterocycles. The van der Waals surface area contributed by atoms with Gasteiger partial charge < -0.3 is 14.5 Å². The summed E-state index contributed by atoms with van der Waals surface area (Å²) < 4.78 is 5.62. The van der Waals surface area contributed by atoms with Gasteiger partial charge in [0.1, 0.15) is 11.6 Å². The SMILES string of the molecule is COC1(C)CCN(/C(=C(\C#N)C(C)=O)c2cc(C(=O)N(C)C)ccc2C)CC1. The number of amides is 1. The third-order valence-corrected chi connectivity index (χ3v) is 5.48. The summed E-state index contributed by atoms with van der Waals surface area (Å²) in [6.45, 7) is 6.75. The maximum Gasteiger partial charge on any atom is 0.253 e. The van der Waals surface area contributed by atoms with Gasteiger partial charge in [0, 0.05) is 45.4 Å². The summed E-state index contributed by atoms with van der Waals surface area (Å²) in [5.74, 6) is -0.395. The fourth-order valence-corrected chi connectivity index (χ4v) is 3.44. The molecule has 1 aromatic carbocycles. The molecule has 1 aromatic rings. The molecule has 1 aliphatic rings. The van der Waals surface area contributed by atoms with Crippen LogP contribution in [0.3, 0.4) is 0 Å². The Bertz CT molecular complexity index is 841. The fraction of sp³-hybridized carbons (Fsp3) is 0.500. The standard InChI is InChI=1S/C22H29N3O3/c1-15-7-8-17(21(27)24(4)5)13-18(15)20(19(14-23)16(2)26)25-11-9-22(3,28-6)10-12-25/h7-8,13H,9-12H2,1-6H3/b20-19+. The molecule has 0 saturated carbocycles. The van der Waals surface area contributed by atoms with Crippen LogP contribution in [0.4, 0.5) is 0 Å². The predicted molar refractivity (Wildman–Crippen MR) is 109 cm³/mol. The van der Waals surface area contributed by atoms with Crippen LogP contribution in [-0.2, 0) is 9.53 Å². The van der Waals surface area contributed by atoms with Crippen LogP contribution in [0.2, 0.25) is 0 Å². The number of carbonyl (C=O) groups excluding carboxylic acids is 2. The van der Waals surface area contributed by atoms with E-state index in [0.717, 1.165) is 24.0 Å². The minimum absolute atomic E-state index is 0.118. The number of Topliss-reactive ketones (excluding diaryl/α,β-unsaturated/α-hetero) is 1. The normalized spacial score (nSPS) is 16.8. The zero-order valence-electron chi connectivity index (χ0n) is 17.6. The van der Waals surface area contributed by atoms with E-state index in [1.165, 1.54) is 11.8 Å². The predicted octanol–water partition coefficient (Wildman–Crippen LogP) is 3.02. The van der Waals surface area contributed by atoms with Gasteiger partial charge >= 0.3 is 0 Å². The van der Waals surface area contributed by atoms with Gasteiger partial charge in [-0.1, -0.05) is 6.07 Å². The van der Waals surface area contributed by atoms with Crippen LogP contribution >= 0.6 is 0 Å². The summed E-state index contributed by atoms with van der Waals surface area (Å²) in [4.78, 5) is 28.3. The number of ketones is 1. The summed E-state index contributed by atoms with van der Waals surface area (Å²) in [5.41, 5.74) is 2.72. The van der Waals surface area contributed by atoms with Crippen molar-refractivity contribution in [1.29, 1.82) is 5.26 Å². The highest BCUT2D eigenvalue weighted by molar-refractivity contribution is 6.05. The highest BCUT2D eigenvalue weighted by Crippen LogP contribution is 2.33. The third kappa shape index (κ3) is 4.42. The van der Waals surface area contributed by atoms with Gasteiger partial charge in [-0.3, -0.25) is 9.59 Å². The molecule has 1 heterocycles. The van der Waals surface area contributed by atoms with E-state index >= 15 is 0 Å². The number of hydrogen-bond acceptors (Lipinski definition) is 5. The molecule has 0 bridgehead atoms. The number of nitriles is 1. The number of piperidine rings is 1. The second-order valence-electron chi connectivity index (χ2n) is 7.76. The molecule has 0 aliphatic carbocycles. The minimum Gasteiger partial charge on any atom is -0.378 e. The Morgan fingerprint density at radius 2 is 1.86 bits per heavy atom. The molecule has 150 valence electrons. The van der Waals surface area contributed by atoms with Crippen LogP contribution in [0.1, 0.15) is 48.2 Å².